The molecule has 28 heavy (non-hydrogen) atoms. The van der Waals surface area contributed by atoms with Crippen molar-refractivity contribution in [2.75, 3.05) is 26.7 Å². The van der Waals surface area contributed by atoms with Crippen LogP contribution in [-0.4, -0.2) is 42.7 Å². The predicted molar refractivity (Wildman–Crippen MR) is 126 cm³/mol. The first-order chi connectivity index (χ1) is 13.2. The number of rotatable bonds is 10. The summed E-state index contributed by atoms with van der Waals surface area (Å²) < 4.78 is 5.43. The maximum Gasteiger partial charge on any atom is 0.191 e. The second kappa shape index (κ2) is 13.5. The molecule has 0 saturated carbocycles. The molecule has 6 nitrogen and oxygen atoms in total. The highest BCUT2D eigenvalue weighted by atomic mass is 127. The average Bonchev–Trinajstić information content (AvgIpc) is 3.08. The van der Waals surface area contributed by atoms with E-state index in [1.165, 1.54) is 5.56 Å². The molecule has 0 amide bonds. The van der Waals surface area contributed by atoms with Crippen LogP contribution < -0.4 is 10.6 Å². The number of hydrogen-bond donors (Lipinski definition) is 2. The van der Waals surface area contributed by atoms with Crippen molar-refractivity contribution in [1.29, 1.82) is 0 Å². The number of aromatic nitrogens is 1. The van der Waals surface area contributed by atoms with Crippen LogP contribution in [0.4, 0.5) is 0 Å². The van der Waals surface area contributed by atoms with Crippen LogP contribution in [-0.2, 0) is 25.9 Å². The molecule has 0 aliphatic rings. The molecule has 156 valence electrons. The molecule has 0 saturated heterocycles. The maximum absolute atomic E-state index is 5.43. The van der Waals surface area contributed by atoms with Crippen molar-refractivity contribution >= 4 is 29.9 Å². The van der Waals surface area contributed by atoms with Gasteiger partial charge >= 0.3 is 0 Å². The van der Waals surface area contributed by atoms with Gasteiger partial charge in [0.2, 0.25) is 0 Å². The fraction of sp³-hybridized carbons (Fsp3) is 0.524. The van der Waals surface area contributed by atoms with E-state index in [0.717, 1.165) is 62.0 Å². The van der Waals surface area contributed by atoms with Crippen molar-refractivity contribution in [2.45, 2.75) is 46.7 Å². The van der Waals surface area contributed by atoms with Crippen LogP contribution in [0, 0.1) is 0 Å². The monoisotopic (exact) mass is 499 g/mol. The van der Waals surface area contributed by atoms with Crippen LogP contribution in [0.3, 0.4) is 0 Å². The van der Waals surface area contributed by atoms with Gasteiger partial charge in [0, 0.05) is 38.2 Å². The minimum atomic E-state index is 0. The summed E-state index contributed by atoms with van der Waals surface area (Å²) in [6.45, 7) is 10.4. The molecule has 1 aromatic heterocycles. The number of nitrogens with zero attached hydrogens (tertiary/aromatic N) is 3. The molecule has 2 aromatic rings. The quantitative estimate of drug-likeness (QED) is 0.297. The number of aryl methyl sites for hydroxylation is 2. The molecule has 0 atom stereocenters. The molecule has 0 spiro atoms. The zero-order valence-corrected chi connectivity index (χ0v) is 19.8. The van der Waals surface area contributed by atoms with E-state index in [4.69, 9.17) is 9.52 Å². The third-order valence-electron chi connectivity index (χ3n) is 4.43. The lowest BCUT2D eigenvalue weighted by molar-refractivity contribution is 0.331. The van der Waals surface area contributed by atoms with E-state index in [1.54, 1.807) is 0 Å². The third-order valence-corrected chi connectivity index (χ3v) is 4.43. The van der Waals surface area contributed by atoms with Gasteiger partial charge in [-0.1, -0.05) is 49.3 Å². The Morgan fingerprint density at radius 3 is 2.50 bits per heavy atom. The van der Waals surface area contributed by atoms with Crippen molar-refractivity contribution in [3.8, 4) is 0 Å². The standard InChI is InChI=1S/C21H33N5O.HI/c1-5-19-18(20(6-2)27-25-19)15-24-21(22-7-3)23-13-14-26(4)16-17-11-9-8-10-12-17;/h8-12H,5-7,13-16H2,1-4H3,(H2,22,23,24);1H. The van der Waals surface area contributed by atoms with Crippen molar-refractivity contribution < 1.29 is 4.52 Å². The minimum absolute atomic E-state index is 0. The molecule has 7 heteroatoms. The van der Waals surface area contributed by atoms with Crippen molar-refractivity contribution in [1.82, 2.24) is 20.7 Å². The van der Waals surface area contributed by atoms with Crippen molar-refractivity contribution in [3.05, 3.63) is 52.9 Å². The van der Waals surface area contributed by atoms with Crippen LogP contribution in [0.2, 0.25) is 0 Å². The molecule has 0 fully saturated rings. The first-order valence-corrected chi connectivity index (χ1v) is 9.88. The summed E-state index contributed by atoms with van der Waals surface area (Å²) in [4.78, 5) is 7.03. The highest BCUT2D eigenvalue weighted by molar-refractivity contribution is 14.0. The minimum Gasteiger partial charge on any atom is -0.361 e. The van der Waals surface area contributed by atoms with E-state index in [2.05, 4.69) is 72.8 Å². The number of benzene rings is 1. The normalized spacial score (nSPS) is 11.4. The Labute approximate surface area is 186 Å². The average molecular weight is 499 g/mol. The number of likely N-dealkylation sites (N-methyl/N-ethyl adjacent to an activating group) is 1. The Balaban J connectivity index is 0.00000392. The second-order valence-electron chi connectivity index (χ2n) is 6.58. The van der Waals surface area contributed by atoms with Gasteiger partial charge in [-0.25, -0.2) is 4.99 Å². The summed E-state index contributed by atoms with van der Waals surface area (Å²) in [6, 6.07) is 10.5. The van der Waals surface area contributed by atoms with Gasteiger partial charge in [0.1, 0.15) is 5.76 Å². The van der Waals surface area contributed by atoms with Gasteiger partial charge < -0.3 is 20.1 Å². The van der Waals surface area contributed by atoms with Gasteiger partial charge in [-0.05, 0) is 26.0 Å². The molecule has 0 bridgehead atoms. The largest absolute Gasteiger partial charge is 0.361 e. The van der Waals surface area contributed by atoms with E-state index in [-0.39, 0.29) is 24.0 Å². The summed E-state index contributed by atoms with van der Waals surface area (Å²) in [6.07, 6.45) is 1.70. The smallest absolute Gasteiger partial charge is 0.191 e. The molecular weight excluding hydrogens is 465 g/mol. The number of aliphatic imine (C=N–C) groups is 1. The van der Waals surface area contributed by atoms with Crippen molar-refractivity contribution in [3.63, 3.8) is 0 Å². The van der Waals surface area contributed by atoms with Crippen LogP contribution in [0.1, 0.15) is 43.4 Å². The molecule has 1 aromatic carbocycles. The SMILES string of the molecule is CCNC(=NCc1c(CC)noc1CC)NCCN(C)Cc1ccccc1.I. The van der Waals surface area contributed by atoms with Gasteiger partial charge in [0.05, 0.1) is 12.2 Å². The molecule has 1 heterocycles. The predicted octanol–water partition coefficient (Wildman–Crippen LogP) is 3.60. The van der Waals surface area contributed by atoms with E-state index >= 15 is 0 Å². The number of nitrogens with one attached hydrogen (secondary N) is 2. The summed E-state index contributed by atoms with van der Waals surface area (Å²) in [5.74, 6) is 1.77. The van der Waals surface area contributed by atoms with Crippen LogP contribution in [0.25, 0.3) is 0 Å². The first kappa shape index (κ1) is 24.4. The van der Waals surface area contributed by atoms with Crippen molar-refractivity contribution in [2.24, 2.45) is 4.99 Å². The van der Waals surface area contributed by atoms with Gasteiger partial charge in [-0.3, -0.25) is 0 Å². The maximum atomic E-state index is 5.43. The lowest BCUT2D eigenvalue weighted by Crippen LogP contribution is -2.40. The number of guanidine groups is 1. The third kappa shape index (κ3) is 7.79. The Morgan fingerprint density at radius 2 is 1.86 bits per heavy atom. The van der Waals surface area contributed by atoms with Crippen LogP contribution >= 0.6 is 24.0 Å². The molecular formula is C21H34IN5O. The topological polar surface area (TPSA) is 65.7 Å². The molecule has 0 aliphatic heterocycles. The van der Waals surface area contributed by atoms with Gasteiger partial charge in [0.15, 0.2) is 5.96 Å². The zero-order valence-electron chi connectivity index (χ0n) is 17.5. The second-order valence-corrected chi connectivity index (χ2v) is 6.58. The molecule has 2 rings (SSSR count). The molecule has 2 N–H and O–H groups in total. The van der Waals surface area contributed by atoms with E-state index < -0.39 is 0 Å². The summed E-state index contributed by atoms with van der Waals surface area (Å²) >= 11 is 0. The first-order valence-electron chi connectivity index (χ1n) is 9.88. The molecule has 0 radical (unpaired) electrons. The van der Waals surface area contributed by atoms with Crippen LogP contribution in [0.15, 0.2) is 39.8 Å². The van der Waals surface area contributed by atoms with E-state index in [0.29, 0.717) is 6.54 Å². The Kier molecular flexibility index (Phi) is 11.8. The molecule has 0 aliphatic carbocycles. The highest BCUT2D eigenvalue weighted by Gasteiger charge is 2.13. The summed E-state index contributed by atoms with van der Waals surface area (Å²) in [5.41, 5.74) is 3.46. The van der Waals surface area contributed by atoms with Crippen LogP contribution in [0.5, 0.6) is 0 Å². The lowest BCUT2D eigenvalue weighted by atomic mass is 10.1. The van der Waals surface area contributed by atoms with Gasteiger partial charge in [-0.15, -0.1) is 24.0 Å². The summed E-state index contributed by atoms with van der Waals surface area (Å²) in [7, 11) is 2.14. The fourth-order valence-electron chi connectivity index (χ4n) is 2.96. The zero-order chi connectivity index (χ0) is 19.5. The van der Waals surface area contributed by atoms with E-state index in [1.807, 2.05) is 6.07 Å². The Morgan fingerprint density at radius 1 is 1.11 bits per heavy atom. The van der Waals surface area contributed by atoms with Gasteiger partial charge in [0.25, 0.3) is 0 Å². The molecule has 0 unspecified atom stereocenters. The highest BCUT2D eigenvalue weighted by Crippen LogP contribution is 2.16. The number of halogens is 1. The Hall–Kier alpha value is -1.61. The Bertz CT molecular complexity index is 681. The number of hydrogen-bond acceptors (Lipinski definition) is 4. The lowest BCUT2D eigenvalue weighted by Gasteiger charge is -2.18. The van der Waals surface area contributed by atoms with Gasteiger partial charge in [-0.2, -0.15) is 0 Å². The summed E-state index contributed by atoms with van der Waals surface area (Å²) in [5, 5.41) is 10.9. The fourth-order valence-corrected chi connectivity index (χ4v) is 2.96. The van der Waals surface area contributed by atoms with E-state index in [9.17, 15) is 0 Å².